The van der Waals surface area contributed by atoms with E-state index in [4.69, 9.17) is 34.7 Å². The fourth-order valence-corrected chi connectivity index (χ4v) is 7.18. The molecule has 4 aromatic rings. The lowest BCUT2D eigenvalue weighted by atomic mass is 10.1. The van der Waals surface area contributed by atoms with Crippen LogP contribution in [0.4, 0.5) is 25.0 Å². The number of halogens is 4. The number of hydrogen-bond donors (Lipinski definition) is 3. The molecule has 4 amide bonds. The minimum absolute atomic E-state index is 0.0294. The number of carbonyl (C=O) groups is 3. The van der Waals surface area contributed by atoms with Crippen molar-refractivity contribution < 1.29 is 23.2 Å². The van der Waals surface area contributed by atoms with Crippen molar-refractivity contribution in [2.45, 2.75) is 39.0 Å². The molecule has 0 unspecified atom stereocenters. The first-order valence-electron chi connectivity index (χ1n) is 18.6. The maximum absolute atomic E-state index is 13.1. The number of carbonyl (C=O) groups excluding carboxylic acids is 3. The summed E-state index contributed by atoms with van der Waals surface area (Å²) in [6.45, 7) is 9.79. The number of primary amides is 1. The van der Waals surface area contributed by atoms with Gasteiger partial charge in [0.15, 0.2) is 0 Å². The molecule has 0 bridgehead atoms. The summed E-state index contributed by atoms with van der Waals surface area (Å²) < 4.78 is 26.1. The van der Waals surface area contributed by atoms with E-state index in [2.05, 4.69) is 15.1 Å². The smallest absolute Gasteiger partial charge is 0.316 e. The number of anilines is 2. The van der Waals surface area contributed by atoms with Crippen LogP contribution in [-0.2, 0) is 22.7 Å². The van der Waals surface area contributed by atoms with Crippen LogP contribution in [0.25, 0.3) is 12.2 Å². The van der Waals surface area contributed by atoms with Crippen molar-refractivity contribution in [3.05, 3.63) is 141 Å². The van der Waals surface area contributed by atoms with Crippen LogP contribution in [0.2, 0.25) is 10.0 Å². The van der Waals surface area contributed by atoms with Gasteiger partial charge in [0.1, 0.15) is 11.6 Å². The van der Waals surface area contributed by atoms with Gasteiger partial charge in [-0.25, -0.2) is 13.6 Å². The zero-order chi connectivity index (χ0) is 41.1. The van der Waals surface area contributed by atoms with Crippen LogP contribution in [0, 0.1) is 11.6 Å². The Balaban J connectivity index is 0.000000219. The third kappa shape index (κ3) is 12.9. The van der Waals surface area contributed by atoms with E-state index in [1.807, 2.05) is 23.6 Å². The van der Waals surface area contributed by atoms with Gasteiger partial charge in [-0.2, -0.15) is 0 Å². The van der Waals surface area contributed by atoms with Gasteiger partial charge in [-0.3, -0.25) is 19.4 Å². The number of benzene rings is 4. The quantitative estimate of drug-likeness (QED) is 0.119. The summed E-state index contributed by atoms with van der Waals surface area (Å²) in [4.78, 5) is 44.7. The van der Waals surface area contributed by atoms with Gasteiger partial charge in [-0.1, -0.05) is 59.6 Å². The number of rotatable bonds is 9. The van der Waals surface area contributed by atoms with Crippen molar-refractivity contribution >= 4 is 64.6 Å². The first-order valence-corrected chi connectivity index (χ1v) is 19.3. The number of amides is 4. The maximum atomic E-state index is 13.1. The standard InChI is InChI=1S/C22H24ClFN4O2.C21H23ClFN3O/c1-15-13-27(14-16-2-7-19(24)8-3-16)10-11-28(15)21(29)9-5-17-4-6-18(23)12-20(17)26-22(25)30;1-15-13-25(14-16-2-7-19(23)8-3-16)10-11-26(15)21(27)9-5-17-4-6-18(22)12-20(17)24/h2-9,12,15H,10-11,13-14H2,1H3,(H3,25,26,30);2-9,12,15H,10-11,13-14,24H2,1H3/b2*9-5+/t2*15-/m11/s1. The largest absolute Gasteiger partial charge is 0.398 e. The third-order valence-electron chi connectivity index (χ3n) is 9.76. The molecule has 14 heteroatoms. The number of urea groups is 1. The van der Waals surface area contributed by atoms with Gasteiger partial charge >= 0.3 is 6.03 Å². The normalized spacial score (nSPS) is 17.7. The molecule has 2 aliphatic rings. The summed E-state index contributed by atoms with van der Waals surface area (Å²) in [6, 6.07) is 22.6. The van der Waals surface area contributed by atoms with E-state index < -0.39 is 6.03 Å². The molecule has 2 aliphatic heterocycles. The minimum atomic E-state index is -0.704. The molecule has 6 rings (SSSR count). The van der Waals surface area contributed by atoms with E-state index in [9.17, 15) is 23.2 Å². The highest BCUT2D eigenvalue weighted by Crippen LogP contribution is 2.24. The van der Waals surface area contributed by atoms with Gasteiger partial charge in [-0.05, 0) is 96.8 Å². The molecule has 57 heavy (non-hydrogen) atoms. The highest BCUT2D eigenvalue weighted by molar-refractivity contribution is 6.31. The van der Waals surface area contributed by atoms with E-state index in [0.717, 1.165) is 56.0 Å². The fraction of sp³-hybridized carbons (Fsp3) is 0.279. The Kier molecular flexibility index (Phi) is 15.2. The molecule has 10 nitrogen and oxygen atoms in total. The van der Waals surface area contributed by atoms with Crippen molar-refractivity contribution in [1.29, 1.82) is 0 Å². The monoisotopic (exact) mass is 817 g/mol. The van der Waals surface area contributed by atoms with E-state index in [1.54, 1.807) is 78.9 Å². The third-order valence-corrected chi connectivity index (χ3v) is 10.2. The Morgan fingerprint density at radius 3 is 1.56 bits per heavy atom. The number of nitrogens with one attached hydrogen (secondary N) is 1. The Morgan fingerprint density at radius 2 is 1.12 bits per heavy atom. The summed E-state index contributed by atoms with van der Waals surface area (Å²) in [6.07, 6.45) is 6.42. The molecule has 5 N–H and O–H groups in total. The summed E-state index contributed by atoms with van der Waals surface area (Å²) >= 11 is 11.9. The molecule has 4 aromatic carbocycles. The van der Waals surface area contributed by atoms with Crippen LogP contribution in [-0.4, -0.2) is 88.8 Å². The SMILES string of the molecule is C[C@@H]1CN(Cc2ccc(F)cc2)CCN1C(=O)/C=C/c1ccc(Cl)cc1N.C[C@@H]1CN(Cc2ccc(F)cc2)CCN1C(=O)/C=C/c1ccc(Cl)cc1NC(N)=O. The van der Waals surface area contributed by atoms with Crippen molar-refractivity contribution in [2.75, 3.05) is 50.3 Å². The predicted octanol–water partition coefficient (Wildman–Crippen LogP) is 7.52. The Bertz CT molecular complexity index is 2080. The Labute approximate surface area is 342 Å². The number of piperazine rings is 2. The number of nitrogens with two attached hydrogens (primary N) is 2. The number of nitrogens with zero attached hydrogens (tertiary/aromatic N) is 4. The maximum Gasteiger partial charge on any atom is 0.316 e. The van der Waals surface area contributed by atoms with Crippen LogP contribution >= 0.6 is 23.2 Å². The van der Waals surface area contributed by atoms with Crippen molar-refractivity contribution in [3.8, 4) is 0 Å². The first-order chi connectivity index (χ1) is 27.2. The van der Waals surface area contributed by atoms with Gasteiger partial charge in [0.2, 0.25) is 11.8 Å². The zero-order valence-corrected chi connectivity index (χ0v) is 33.4. The molecular weight excluding hydrogens is 771 g/mol. The molecule has 0 spiro atoms. The Morgan fingerprint density at radius 1 is 0.684 bits per heavy atom. The van der Waals surface area contributed by atoms with Crippen LogP contribution < -0.4 is 16.8 Å². The van der Waals surface area contributed by atoms with E-state index in [-0.39, 0.29) is 35.5 Å². The molecule has 0 aliphatic carbocycles. The van der Waals surface area contributed by atoms with Gasteiger partial charge in [-0.15, -0.1) is 0 Å². The molecular formula is C43H47Cl2F2N7O3. The summed E-state index contributed by atoms with van der Waals surface area (Å²) in [5.41, 5.74) is 15.6. The van der Waals surface area contributed by atoms with Crippen LogP contribution in [0.1, 0.15) is 36.1 Å². The summed E-state index contributed by atoms with van der Waals surface area (Å²) in [5.74, 6) is -0.609. The minimum Gasteiger partial charge on any atom is -0.398 e. The molecule has 0 saturated carbocycles. The molecule has 2 atom stereocenters. The highest BCUT2D eigenvalue weighted by atomic mass is 35.5. The van der Waals surface area contributed by atoms with E-state index in [0.29, 0.717) is 40.1 Å². The molecule has 300 valence electrons. The molecule has 2 saturated heterocycles. The topological polar surface area (TPSA) is 128 Å². The van der Waals surface area contributed by atoms with Gasteiger partial charge in [0.05, 0.1) is 5.69 Å². The number of nitrogen functional groups attached to an aromatic ring is 1. The molecule has 2 fully saturated rings. The fourth-order valence-electron chi connectivity index (χ4n) is 6.83. The lowest BCUT2D eigenvalue weighted by Gasteiger charge is -2.39. The lowest BCUT2D eigenvalue weighted by molar-refractivity contribution is -0.131. The van der Waals surface area contributed by atoms with Crippen molar-refractivity contribution in [3.63, 3.8) is 0 Å². The zero-order valence-electron chi connectivity index (χ0n) is 31.9. The second-order valence-electron chi connectivity index (χ2n) is 14.1. The Hall–Kier alpha value is -5.27. The van der Waals surface area contributed by atoms with Gasteiger partial charge in [0, 0.05) is 92.3 Å². The van der Waals surface area contributed by atoms with Crippen molar-refractivity contribution in [1.82, 2.24) is 19.6 Å². The average Bonchev–Trinajstić information content (AvgIpc) is 3.16. The summed E-state index contributed by atoms with van der Waals surface area (Å²) in [5, 5.41) is 3.53. The van der Waals surface area contributed by atoms with Crippen LogP contribution in [0.15, 0.2) is 97.1 Å². The van der Waals surface area contributed by atoms with E-state index in [1.165, 1.54) is 30.3 Å². The molecule has 2 heterocycles. The highest BCUT2D eigenvalue weighted by Gasteiger charge is 2.27. The second-order valence-corrected chi connectivity index (χ2v) is 15.0. The van der Waals surface area contributed by atoms with E-state index >= 15 is 0 Å². The molecule has 0 radical (unpaired) electrons. The van der Waals surface area contributed by atoms with Crippen LogP contribution in [0.3, 0.4) is 0 Å². The second kappa shape index (κ2) is 20.2. The predicted molar refractivity (Wildman–Crippen MR) is 224 cm³/mol. The summed E-state index contributed by atoms with van der Waals surface area (Å²) in [7, 11) is 0. The first kappa shape index (κ1) is 42.9. The van der Waals surface area contributed by atoms with Crippen LogP contribution in [0.5, 0.6) is 0 Å². The van der Waals surface area contributed by atoms with Gasteiger partial charge in [0.25, 0.3) is 0 Å². The van der Waals surface area contributed by atoms with Gasteiger partial charge < -0.3 is 26.6 Å². The van der Waals surface area contributed by atoms with Crippen molar-refractivity contribution in [2.24, 2.45) is 5.73 Å². The molecule has 0 aromatic heterocycles. The lowest BCUT2D eigenvalue weighted by Crippen LogP contribution is -2.53. The number of hydrogen-bond acceptors (Lipinski definition) is 6. The average molecular weight is 819 g/mol.